The Kier molecular flexibility index (Phi) is 4.38. The average molecular weight is 312 g/mol. The Morgan fingerprint density at radius 1 is 1.15 bits per heavy atom. The molecule has 1 nitrogen and oxygen atoms in total. The first-order valence-corrected chi connectivity index (χ1v) is 6.77. The van der Waals surface area contributed by atoms with Crippen LogP contribution in [-0.2, 0) is 5.54 Å². The van der Waals surface area contributed by atoms with Crippen molar-refractivity contribution in [2.45, 2.75) is 18.4 Å². The lowest BCUT2D eigenvalue weighted by molar-refractivity contribution is 0.585. The van der Waals surface area contributed by atoms with Crippen LogP contribution in [0.2, 0.25) is 5.02 Å². The number of benzene rings is 2. The lowest BCUT2D eigenvalue weighted by Crippen LogP contribution is -2.24. The molecule has 1 aliphatic carbocycles. The summed E-state index contributed by atoms with van der Waals surface area (Å²) in [4.78, 5) is 0. The summed E-state index contributed by atoms with van der Waals surface area (Å²) in [6.45, 7) is 0. The molecule has 0 atom stereocenters. The molecule has 2 aromatic rings. The van der Waals surface area contributed by atoms with E-state index in [1.165, 1.54) is 11.6 Å². The standard InChI is InChI=1S/C16H15ClFN.ClH/c1-19-16(7-8-16)12-4-2-3-11(9-12)14-10-13(17)5-6-15(14)18;/h2-6,9-10,19H,7-8H2,1H3;1H. The molecule has 0 aromatic heterocycles. The maximum atomic E-state index is 13.9. The van der Waals surface area contributed by atoms with E-state index in [0.717, 1.165) is 18.4 Å². The zero-order valence-corrected chi connectivity index (χ0v) is 12.7. The van der Waals surface area contributed by atoms with Crippen LogP contribution in [0.15, 0.2) is 42.5 Å². The Morgan fingerprint density at radius 2 is 1.90 bits per heavy atom. The van der Waals surface area contributed by atoms with Crippen molar-refractivity contribution in [2.24, 2.45) is 0 Å². The van der Waals surface area contributed by atoms with E-state index in [2.05, 4.69) is 17.4 Å². The van der Waals surface area contributed by atoms with Crippen LogP contribution in [0.1, 0.15) is 18.4 Å². The van der Waals surface area contributed by atoms with E-state index >= 15 is 0 Å². The maximum absolute atomic E-state index is 13.9. The minimum Gasteiger partial charge on any atom is -0.310 e. The van der Waals surface area contributed by atoms with Crippen LogP contribution >= 0.6 is 24.0 Å². The third-order valence-electron chi connectivity index (χ3n) is 3.88. The van der Waals surface area contributed by atoms with Gasteiger partial charge in [-0.2, -0.15) is 0 Å². The second-order valence-electron chi connectivity index (χ2n) is 5.04. The summed E-state index contributed by atoms with van der Waals surface area (Å²) in [5.41, 5.74) is 2.73. The zero-order chi connectivity index (χ0) is 13.5. The lowest BCUT2D eigenvalue weighted by Gasteiger charge is -2.16. The Bertz CT molecular complexity index is 624. The SMILES string of the molecule is CNC1(c2cccc(-c3cc(Cl)ccc3F)c2)CC1.Cl. The normalized spacial score (nSPS) is 15.6. The molecule has 0 aliphatic heterocycles. The smallest absolute Gasteiger partial charge is 0.131 e. The fraction of sp³-hybridized carbons (Fsp3) is 0.250. The highest BCUT2D eigenvalue weighted by Crippen LogP contribution is 2.45. The molecular weight excluding hydrogens is 296 g/mol. The summed E-state index contributed by atoms with van der Waals surface area (Å²) >= 11 is 5.96. The molecule has 20 heavy (non-hydrogen) atoms. The summed E-state index contributed by atoms with van der Waals surface area (Å²) in [6.07, 6.45) is 2.26. The molecule has 0 saturated heterocycles. The Labute approximate surface area is 129 Å². The van der Waals surface area contributed by atoms with Gasteiger partial charge >= 0.3 is 0 Å². The van der Waals surface area contributed by atoms with Gasteiger partial charge in [-0.1, -0.05) is 29.8 Å². The van der Waals surface area contributed by atoms with Gasteiger partial charge in [0.1, 0.15) is 5.82 Å². The maximum Gasteiger partial charge on any atom is 0.131 e. The quantitative estimate of drug-likeness (QED) is 0.860. The number of halogens is 3. The minimum absolute atomic E-state index is 0. The zero-order valence-electron chi connectivity index (χ0n) is 11.1. The van der Waals surface area contributed by atoms with Crippen LogP contribution < -0.4 is 5.32 Å². The largest absolute Gasteiger partial charge is 0.310 e. The van der Waals surface area contributed by atoms with Crippen molar-refractivity contribution in [3.05, 3.63) is 58.9 Å². The van der Waals surface area contributed by atoms with Crippen molar-refractivity contribution in [1.82, 2.24) is 5.32 Å². The van der Waals surface area contributed by atoms with Crippen molar-refractivity contribution >= 4 is 24.0 Å². The predicted molar refractivity (Wildman–Crippen MR) is 84.1 cm³/mol. The van der Waals surface area contributed by atoms with Gasteiger partial charge in [-0.25, -0.2) is 4.39 Å². The molecule has 0 heterocycles. The predicted octanol–water partition coefficient (Wildman–Crippen LogP) is 4.78. The van der Waals surface area contributed by atoms with Crippen molar-refractivity contribution in [1.29, 1.82) is 0 Å². The van der Waals surface area contributed by atoms with Gasteiger partial charge in [0.05, 0.1) is 0 Å². The Balaban J connectivity index is 0.00000147. The summed E-state index contributed by atoms with van der Waals surface area (Å²) in [5.74, 6) is -0.240. The van der Waals surface area contributed by atoms with Gasteiger partial charge in [0, 0.05) is 16.1 Å². The van der Waals surface area contributed by atoms with Crippen LogP contribution in [-0.4, -0.2) is 7.05 Å². The average Bonchev–Trinajstić information content (AvgIpc) is 3.23. The fourth-order valence-electron chi connectivity index (χ4n) is 2.51. The first kappa shape index (κ1) is 15.3. The highest BCUT2D eigenvalue weighted by Gasteiger charge is 2.42. The van der Waals surface area contributed by atoms with Gasteiger partial charge in [-0.3, -0.25) is 0 Å². The van der Waals surface area contributed by atoms with Crippen LogP contribution in [0.5, 0.6) is 0 Å². The molecular formula is C16H16Cl2FN. The van der Waals surface area contributed by atoms with Crippen molar-refractivity contribution < 1.29 is 4.39 Å². The van der Waals surface area contributed by atoms with Gasteiger partial charge in [0.2, 0.25) is 0 Å². The van der Waals surface area contributed by atoms with Crippen LogP contribution in [0.3, 0.4) is 0 Å². The fourth-order valence-corrected chi connectivity index (χ4v) is 2.68. The molecule has 1 N–H and O–H groups in total. The molecule has 1 aliphatic rings. The number of nitrogens with one attached hydrogen (secondary N) is 1. The second kappa shape index (κ2) is 5.72. The van der Waals surface area contributed by atoms with Gasteiger partial charge < -0.3 is 5.32 Å². The molecule has 0 bridgehead atoms. The summed E-state index contributed by atoms with van der Waals surface area (Å²) < 4.78 is 13.9. The highest BCUT2D eigenvalue weighted by molar-refractivity contribution is 6.30. The molecule has 2 aromatic carbocycles. The van der Waals surface area contributed by atoms with Gasteiger partial charge in [-0.15, -0.1) is 12.4 Å². The van der Waals surface area contributed by atoms with Crippen LogP contribution in [0.4, 0.5) is 4.39 Å². The van der Waals surface area contributed by atoms with E-state index in [-0.39, 0.29) is 23.8 Å². The molecule has 106 valence electrons. The third kappa shape index (κ3) is 2.69. The molecule has 1 fully saturated rings. The molecule has 3 rings (SSSR count). The topological polar surface area (TPSA) is 12.0 Å². The molecule has 0 spiro atoms. The molecule has 1 saturated carbocycles. The Hall–Kier alpha value is -1.09. The molecule has 4 heteroatoms. The number of rotatable bonds is 3. The van der Waals surface area contributed by atoms with E-state index < -0.39 is 0 Å². The summed E-state index contributed by atoms with van der Waals surface area (Å²) in [7, 11) is 1.97. The van der Waals surface area contributed by atoms with Gasteiger partial charge in [0.15, 0.2) is 0 Å². The monoisotopic (exact) mass is 311 g/mol. The van der Waals surface area contributed by atoms with Crippen molar-refractivity contribution in [3.8, 4) is 11.1 Å². The molecule has 0 radical (unpaired) electrons. The Morgan fingerprint density at radius 3 is 2.55 bits per heavy atom. The third-order valence-corrected chi connectivity index (χ3v) is 4.12. The van der Waals surface area contributed by atoms with Crippen molar-refractivity contribution in [3.63, 3.8) is 0 Å². The lowest BCUT2D eigenvalue weighted by atomic mass is 9.98. The number of hydrogen-bond donors (Lipinski definition) is 1. The van der Waals surface area contributed by atoms with E-state index in [1.807, 2.05) is 19.2 Å². The molecule has 0 unspecified atom stereocenters. The van der Waals surface area contributed by atoms with Crippen LogP contribution in [0.25, 0.3) is 11.1 Å². The first-order valence-electron chi connectivity index (χ1n) is 6.39. The van der Waals surface area contributed by atoms with E-state index in [1.54, 1.807) is 12.1 Å². The second-order valence-corrected chi connectivity index (χ2v) is 5.47. The van der Waals surface area contributed by atoms with Crippen LogP contribution in [0, 0.1) is 5.82 Å². The highest BCUT2D eigenvalue weighted by atomic mass is 35.5. The van der Waals surface area contributed by atoms with Gasteiger partial charge in [0.25, 0.3) is 0 Å². The first-order chi connectivity index (χ1) is 9.14. The summed E-state index contributed by atoms with van der Waals surface area (Å²) in [5, 5.41) is 3.91. The summed E-state index contributed by atoms with van der Waals surface area (Å²) in [6, 6.07) is 12.7. The van der Waals surface area contributed by atoms with E-state index in [9.17, 15) is 4.39 Å². The minimum atomic E-state index is -0.240. The molecule has 0 amide bonds. The number of hydrogen-bond acceptors (Lipinski definition) is 1. The van der Waals surface area contributed by atoms with E-state index in [0.29, 0.717) is 10.6 Å². The van der Waals surface area contributed by atoms with Crippen molar-refractivity contribution in [2.75, 3.05) is 7.05 Å². The van der Waals surface area contributed by atoms with E-state index in [4.69, 9.17) is 11.6 Å². The van der Waals surface area contributed by atoms with Gasteiger partial charge in [-0.05, 0) is 55.3 Å².